The Bertz CT molecular complexity index is 957. The lowest BCUT2D eigenvalue weighted by atomic mass is 9.85. The highest BCUT2D eigenvalue weighted by atomic mass is 32.1. The van der Waals surface area contributed by atoms with Crippen LogP contribution < -0.4 is 10.1 Å². The van der Waals surface area contributed by atoms with Gasteiger partial charge in [-0.05, 0) is 44.9 Å². The first-order valence-corrected chi connectivity index (χ1v) is 10.2. The fourth-order valence-electron chi connectivity index (χ4n) is 3.75. The number of rotatable bonds is 5. The molecule has 1 saturated heterocycles. The van der Waals surface area contributed by atoms with E-state index >= 15 is 0 Å². The van der Waals surface area contributed by atoms with Crippen molar-refractivity contribution in [2.75, 3.05) is 11.9 Å². The van der Waals surface area contributed by atoms with Crippen LogP contribution in [0.1, 0.15) is 26.7 Å². The van der Waals surface area contributed by atoms with Gasteiger partial charge in [0.15, 0.2) is 5.13 Å². The number of benzene rings is 1. The fraction of sp³-hybridized carbons (Fsp3) is 0.400. The number of likely N-dealkylation sites (tertiary alicyclic amines) is 1. The van der Waals surface area contributed by atoms with Crippen LogP contribution in [0.5, 0.6) is 5.75 Å². The summed E-state index contributed by atoms with van der Waals surface area (Å²) >= 11 is 1.33. The molecule has 2 aliphatic rings. The van der Waals surface area contributed by atoms with E-state index in [1.807, 2.05) is 37.3 Å². The van der Waals surface area contributed by atoms with E-state index in [9.17, 15) is 14.4 Å². The highest BCUT2D eigenvalue weighted by molar-refractivity contribution is 7.22. The van der Waals surface area contributed by atoms with Crippen molar-refractivity contribution in [3.05, 3.63) is 30.4 Å². The summed E-state index contributed by atoms with van der Waals surface area (Å²) in [5.74, 6) is -0.869. The van der Waals surface area contributed by atoms with E-state index in [4.69, 9.17) is 4.74 Å². The van der Waals surface area contributed by atoms with Gasteiger partial charge in [-0.1, -0.05) is 23.5 Å². The Morgan fingerprint density at radius 1 is 1.29 bits per heavy atom. The summed E-state index contributed by atoms with van der Waals surface area (Å²) in [6.45, 7) is 4.06. The monoisotopic (exact) mass is 399 g/mol. The largest absolute Gasteiger partial charge is 0.494 e. The average molecular weight is 399 g/mol. The Labute approximate surface area is 166 Å². The van der Waals surface area contributed by atoms with Crippen LogP contribution in [0.4, 0.5) is 5.13 Å². The van der Waals surface area contributed by atoms with E-state index < -0.39 is 11.9 Å². The quantitative estimate of drug-likeness (QED) is 0.617. The second-order valence-electron chi connectivity index (χ2n) is 6.95. The van der Waals surface area contributed by atoms with Crippen molar-refractivity contribution >= 4 is 44.4 Å². The molecule has 2 aromatic rings. The molecule has 146 valence electrons. The van der Waals surface area contributed by atoms with Gasteiger partial charge in [0, 0.05) is 0 Å². The number of carbonyl (C=O) groups is 3. The third kappa shape index (κ3) is 3.17. The SMILES string of the molecule is CCOc1ccc2nc(NC(=O)C(C)N3C(=O)C4CC=CCC4C3=O)sc2c1. The number of imide groups is 1. The Morgan fingerprint density at radius 2 is 1.96 bits per heavy atom. The minimum Gasteiger partial charge on any atom is -0.494 e. The van der Waals surface area contributed by atoms with Crippen LogP contribution in [-0.4, -0.2) is 40.3 Å². The summed E-state index contributed by atoms with van der Waals surface area (Å²) < 4.78 is 6.37. The van der Waals surface area contributed by atoms with Gasteiger partial charge < -0.3 is 10.1 Å². The topological polar surface area (TPSA) is 88.6 Å². The van der Waals surface area contributed by atoms with Crippen LogP contribution >= 0.6 is 11.3 Å². The predicted octanol–water partition coefficient (Wildman–Crippen LogP) is 2.97. The molecule has 1 aromatic carbocycles. The van der Waals surface area contributed by atoms with Crippen molar-refractivity contribution in [2.45, 2.75) is 32.7 Å². The van der Waals surface area contributed by atoms with Crippen LogP contribution in [0.15, 0.2) is 30.4 Å². The molecule has 1 aliphatic carbocycles. The molecule has 0 radical (unpaired) electrons. The minimum absolute atomic E-state index is 0.257. The van der Waals surface area contributed by atoms with E-state index in [0.717, 1.165) is 20.9 Å². The molecule has 7 nitrogen and oxygen atoms in total. The van der Waals surface area contributed by atoms with Crippen molar-refractivity contribution < 1.29 is 19.1 Å². The zero-order valence-corrected chi connectivity index (χ0v) is 16.5. The van der Waals surface area contributed by atoms with Crippen molar-refractivity contribution in [2.24, 2.45) is 11.8 Å². The molecule has 2 heterocycles. The number of carbonyl (C=O) groups excluding carboxylic acids is 3. The number of amides is 3. The van der Waals surface area contributed by atoms with Crippen molar-refractivity contribution in [3.63, 3.8) is 0 Å². The van der Waals surface area contributed by atoms with Crippen molar-refractivity contribution in [1.82, 2.24) is 9.88 Å². The van der Waals surface area contributed by atoms with Crippen molar-refractivity contribution in [3.8, 4) is 5.75 Å². The molecular formula is C20H21N3O4S. The minimum atomic E-state index is -0.878. The van der Waals surface area contributed by atoms with E-state index in [-0.39, 0.29) is 23.7 Å². The highest BCUT2D eigenvalue weighted by Crippen LogP contribution is 2.36. The molecule has 1 N–H and O–H groups in total. The maximum Gasteiger partial charge on any atom is 0.249 e. The van der Waals surface area contributed by atoms with E-state index in [2.05, 4.69) is 10.3 Å². The summed E-state index contributed by atoms with van der Waals surface area (Å²) in [6, 6.07) is 4.66. The molecule has 0 bridgehead atoms. The van der Waals surface area contributed by atoms with Gasteiger partial charge in [0.05, 0.1) is 28.7 Å². The Kier molecular flexibility index (Phi) is 4.89. The number of nitrogens with one attached hydrogen (secondary N) is 1. The molecule has 3 unspecified atom stereocenters. The van der Waals surface area contributed by atoms with Crippen molar-refractivity contribution in [1.29, 1.82) is 0 Å². The molecular weight excluding hydrogens is 378 g/mol. The van der Waals surface area contributed by atoms with Gasteiger partial charge in [-0.25, -0.2) is 4.98 Å². The average Bonchev–Trinajstić information content (AvgIpc) is 3.20. The first-order valence-electron chi connectivity index (χ1n) is 9.35. The molecule has 4 rings (SSSR count). The molecule has 3 atom stereocenters. The first-order chi connectivity index (χ1) is 13.5. The normalized spacial score (nSPS) is 22.4. The lowest BCUT2D eigenvalue weighted by molar-refractivity contribution is -0.146. The number of anilines is 1. The van der Waals surface area contributed by atoms with Crippen LogP contribution in [0.3, 0.4) is 0 Å². The molecule has 0 spiro atoms. The van der Waals surface area contributed by atoms with Gasteiger partial charge in [0.2, 0.25) is 17.7 Å². The fourth-order valence-corrected chi connectivity index (χ4v) is 4.65. The zero-order valence-electron chi connectivity index (χ0n) is 15.7. The molecule has 1 aliphatic heterocycles. The zero-order chi connectivity index (χ0) is 19.8. The third-order valence-electron chi connectivity index (χ3n) is 5.21. The number of ether oxygens (including phenoxy) is 1. The van der Waals surface area contributed by atoms with Crippen LogP contribution in [0, 0.1) is 11.8 Å². The number of thiazole rings is 1. The molecule has 0 saturated carbocycles. The highest BCUT2D eigenvalue weighted by Gasteiger charge is 2.50. The standard InChI is InChI=1S/C20H21N3O4S/c1-3-27-12-8-9-15-16(10-12)28-20(21-15)22-17(24)11(2)23-18(25)13-6-4-5-7-14(13)19(23)26/h4-5,8-11,13-14H,3,6-7H2,1-2H3,(H,21,22,24). The van der Waals surface area contributed by atoms with E-state index in [1.54, 1.807) is 6.92 Å². The van der Waals surface area contributed by atoms with Crippen LogP contribution in [-0.2, 0) is 14.4 Å². The second-order valence-corrected chi connectivity index (χ2v) is 7.98. The summed E-state index contributed by atoms with van der Waals surface area (Å²) in [6.07, 6.45) is 4.97. The molecule has 8 heteroatoms. The van der Waals surface area contributed by atoms with Gasteiger partial charge in [-0.15, -0.1) is 0 Å². The molecule has 1 fully saturated rings. The van der Waals surface area contributed by atoms with Gasteiger partial charge in [0.1, 0.15) is 11.8 Å². The number of aromatic nitrogens is 1. The third-order valence-corrected chi connectivity index (χ3v) is 6.14. The maximum absolute atomic E-state index is 12.7. The van der Waals surface area contributed by atoms with Crippen LogP contribution in [0.2, 0.25) is 0 Å². The van der Waals surface area contributed by atoms with Gasteiger partial charge in [0.25, 0.3) is 0 Å². The number of fused-ring (bicyclic) bond motifs is 2. The second kappa shape index (κ2) is 7.35. The predicted molar refractivity (Wildman–Crippen MR) is 106 cm³/mol. The first kappa shape index (κ1) is 18.6. The Hall–Kier alpha value is -2.74. The molecule has 3 amide bonds. The molecule has 28 heavy (non-hydrogen) atoms. The van der Waals surface area contributed by atoms with E-state index in [0.29, 0.717) is 24.6 Å². The Morgan fingerprint density at radius 3 is 2.61 bits per heavy atom. The number of nitrogens with zero attached hydrogens (tertiary/aromatic N) is 2. The van der Waals surface area contributed by atoms with Gasteiger partial charge >= 0.3 is 0 Å². The van der Waals surface area contributed by atoms with E-state index in [1.165, 1.54) is 11.3 Å². The summed E-state index contributed by atoms with van der Waals surface area (Å²) in [5.41, 5.74) is 0.752. The lowest BCUT2D eigenvalue weighted by Crippen LogP contribution is -2.46. The molecule has 1 aromatic heterocycles. The van der Waals surface area contributed by atoms with Crippen LogP contribution in [0.25, 0.3) is 10.2 Å². The van der Waals surface area contributed by atoms with Gasteiger partial charge in [-0.3, -0.25) is 19.3 Å². The van der Waals surface area contributed by atoms with Gasteiger partial charge in [-0.2, -0.15) is 0 Å². The lowest BCUT2D eigenvalue weighted by Gasteiger charge is -2.21. The summed E-state index contributed by atoms with van der Waals surface area (Å²) in [5, 5.41) is 3.18. The maximum atomic E-state index is 12.7. The number of allylic oxidation sites excluding steroid dienone is 2. The smallest absolute Gasteiger partial charge is 0.249 e. The number of hydrogen-bond donors (Lipinski definition) is 1. The summed E-state index contributed by atoms with van der Waals surface area (Å²) in [4.78, 5) is 43.5. The summed E-state index contributed by atoms with van der Waals surface area (Å²) in [7, 11) is 0. The number of hydrogen-bond acceptors (Lipinski definition) is 6. The Balaban J connectivity index is 1.49.